The van der Waals surface area contributed by atoms with E-state index >= 15 is 0 Å². The predicted octanol–water partition coefficient (Wildman–Crippen LogP) is 4.03. The highest BCUT2D eigenvalue weighted by molar-refractivity contribution is 14.0. The van der Waals surface area contributed by atoms with Gasteiger partial charge in [-0.3, -0.25) is 0 Å². The predicted molar refractivity (Wildman–Crippen MR) is 106 cm³/mol. The van der Waals surface area contributed by atoms with Crippen LogP contribution in [0.15, 0.2) is 23.2 Å². The van der Waals surface area contributed by atoms with Crippen molar-refractivity contribution in [2.75, 3.05) is 13.1 Å². The van der Waals surface area contributed by atoms with E-state index in [4.69, 9.17) is 11.6 Å². The summed E-state index contributed by atoms with van der Waals surface area (Å²) in [7, 11) is 0. The van der Waals surface area contributed by atoms with Gasteiger partial charge in [-0.05, 0) is 43.9 Å². The Labute approximate surface area is 156 Å². The van der Waals surface area contributed by atoms with E-state index in [1.807, 2.05) is 18.2 Å². The minimum absolute atomic E-state index is 0. The van der Waals surface area contributed by atoms with Gasteiger partial charge >= 0.3 is 0 Å². The van der Waals surface area contributed by atoms with Crippen LogP contribution in [0.1, 0.15) is 24.8 Å². The van der Waals surface area contributed by atoms with Crippen LogP contribution < -0.4 is 10.6 Å². The molecule has 0 atom stereocenters. The Balaban J connectivity index is 0.00000176. The average molecular weight is 451 g/mol. The van der Waals surface area contributed by atoms with Gasteiger partial charge in [0.2, 0.25) is 0 Å². The summed E-state index contributed by atoms with van der Waals surface area (Å²) in [6.45, 7) is 4.55. The number of thiazole rings is 1. The SMILES string of the molecule is CCNC(=NCc1nc2cc(Cl)ccc2s1)NCC1CC1.I. The summed E-state index contributed by atoms with van der Waals surface area (Å²) in [4.78, 5) is 9.20. The molecule has 22 heavy (non-hydrogen) atoms. The van der Waals surface area contributed by atoms with E-state index in [0.717, 1.165) is 45.2 Å². The van der Waals surface area contributed by atoms with Gasteiger partial charge in [-0.15, -0.1) is 35.3 Å². The summed E-state index contributed by atoms with van der Waals surface area (Å²) in [5.41, 5.74) is 0.952. The fourth-order valence-corrected chi connectivity index (χ4v) is 3.11. The topological polar surface area (TPSA) is 49.3 Å². The molecule has 0 unspecified atom stereocenters. The van der Waals surface area contributed by atoms with Gasteiger partial charge in [-0.1, -0.05) is 11.6 Å². The molecule has 0 amide bonds. The summed E-state index contributed by atoms with van der Waals surface area (Å²) in [5, 5.41) is 8.40. The number of halogens is 2. The fraction of sp³-hybridized carbons (Fsp3) is 0.467. The first-order valence-electron chi connectivity index (χ1n) is 7.31. The Morgan fingerprint density at radius 2 is 2.23 bits per heavy atom. The third kappa shape index (κ3) is 4.96. The van der Waals surface area contributed by atoms with Gasteiger partial charge in [-0.25, -0.2) is 9.98 Å². The monoisotopic (exact) mass is 450 g/mol. The molecule has 4 nitrogen and oxygen atoms in total. The minimum Gasteiger partial charge on any atom is -0.357 e. The van der Waals surface area contributed by atoms with E-state index in [0.29, 0.717) is 6.54 Å². The van der Waals surface area contributed by atoms with Crippen molar-refractivity contribution in [1.82, 2.24) is 15.6 Å². The molecule has 1 fully saturated rings. The first kappa shape index (κ1) is 17.7. The van der Waals surface area contributed by atoms with Crippen LogP contribution in [-0.4, -0.2) is 24.0 Å². The van der Waals surface area contributed by atoms with Gasteiger partial charge in [0.1, 0.15) is 5.01 Å². The number of rotatable bonds is 5. The Kier molecular flexibility index (Phi) is 6.70. The van der Waals surface area contributed by atoms with Crippen molar-refractivity contribution < 1.29 is 0 Å². The summed E-state index contributed by atoms with van der Waals surface area (Å²) >= 11 is 7.66. The maximum absolute atomic E-state index is 5.99. The summed E-state index contributed by atoms with van der Waals surface area (Å²) in [6.07, 6.45) is 2.68. The Hall–Kier alpha value is -0.600. The second-order valence-electron chi connectivity index (χ2n) is 5.24. The summed E-state index contributed by atoms with van der Waals surface area (Å²) in [6, 6.07) is 5.81. The number of nitrogens with one attached hydrogen (secondary N) is 2. The van der Waals surface area contributed by atoms with Crippen LogP contribution in [0.25, 0.3) is 10.2 Å². The molecule has 3 rings (SSSR count). The van der Waals surface area contributed by atoms with E-state index in [1.54, 1.807) is 11.3 Å². The van der Waals surface area contributed by atoms with Gasteiger partial charge in [0.15, 0.2) is 5.96 Å². The molecule has 0 bridgehead atoms. The van der Waals surface area contributed by atoms with Gasteiger partial charge < -0.3 is 10.6 Å². The normalized spacial score (nSPS) is 14.7. The van der Waals surface area contributed by atoms with E-state index in [1.165, 1.54) is 12.8 Å². The maximum Gasteiger partial charge on any atom is 0.191 e. The molecule has 1 heterocycles. The van der Waals surface area contributed by atoms with Crippen molar-refractivity contribution in [3.63, 3.8) is 0 Å². The number of guanidine groups is 1. The van der Waals surface area contributed by atoms with Crippen LogP contribution in [0.3, 0.4) is 0 Å². The third-order valence-corrected chi connectivity index (χ3v) is 4.62. The molecule has 1 aliphatic rings. The first-order valence-corrected chi connectivity index (χ1v) is 8.51. The molecule has 1 aromatic carbocycles. The maximum atomic E-state index is 5.99. The highest BCUT2D eigenvalue weighted by atomic mass is 127. The Morgan fingerprint density at radius 1 is 1.41 bits per heavy atom. The molecule has 1 aromatic heterocycles. The second-order valence-corrected chi connectivity index (χ2v) is 6.79. The largest absolute Gasteiger partial charge is 0.357 e. The van der Waals surface area contributed by atoms with Gasteiger partial charge in [-0.2, -0.15) is 0 Å². The number of aromatic nitrogens is 1. The van der Waals surface area contributed by atoms with Crippen LogP contribution in [0, 0.1) is 5.92 Å². The standard InChI is InChI=1S/C15H19ClN4S.HI/c1-2-17-15(18-8-10-3-4-10)19-9-14-20-12-7-11(16)5-6-13(12)21-14;/h5-7,10H,2-4,8-9H2,1H3,(H2,17,18,19);1H. The number of hydrogen-bond acceptors (Lipinski definition) is 3. The van der Waals surface area contributed by atoms with Crippen LogP contribution in [0.2, 0.25) is 5.02 Å². The molecule has 2 aromatic rings. The number of fused-ring (bicyclic) bond motifs is 1. The zero-order chi connectivity index (χ0) is 14.7. The van der Waals surface area contributed by atoms with Gasteiger partial charge in [0, 0.05) is 18.1 Å². The molecule has 2 N–H and O–H groups in total. The summed E-state index contributed by atoms with van der Waals surface area (Å²) < 4.78 is 1.15. The van der Waals surface area contributed by atoms with Crippen molar-refractivity contribution in [3.8, 4) is 0 Å². The molecule has 0 spiro atoms. The average Bonchev–Trinajstić information content (AvgIpc) is 3.21. The van der Waals surface area contributed by atoms with Gasteiger partial charge in [0.25, 0.3) is 0 Å². The quantitative estimate of drug-likeness (QED) is 0.411. The number of nitrogens with zero attached hydrogens (tertiary/aromatic N) is 2. The van der Waals surface area contributed by atoms with E-state index in [9.17, 15) is 0 Å². The molecule has 0 radical (unpaired) electrons. The van der Waals surface area contributed by atoms with Crippen molar-refractivity contribution in [3.05, 3.63) is 28.2 Å². The Morgan fingerprint density at radius 3 is 2.95 bits per heavy atom. The van der Waals surface area contributed by atoms with Crippen molar-refractivity contribution in [2.24, 2.45) is 10.9 Å². The lowest BCUT2D eigenvalue weighted by Crippen LogP contribution is -2.38. The number of benzene rings is 1. The lowest BCUT2D eigenvalue weighted by Gasteiger charge is -2.09. The number of aliphatic imine (C=N–C) groups is 1. The first-order chi connectivity index (χ1) is 10.2. The highest BCUT2D eigenvalue weighted by Crippen LogP contribution is 2.27. The lowest BCUT2D eigenvalue weighted by atomic mass is 10.3. The molecule has 1 aliphatic carbocycles. The van der Waals surface area contributed by atoms with Crippen molar-refractivity contribution in [2.45, 2.75) is 26.3 Å². The zero-order valence-electron chi connectivity index (χ0n) is 12.4. The van der Waals surface area contributed by atoms with Crippen LogP contribution in [0.5, 0.6) is 0 Å². The fourth-order valence-electron chi connectivity index (χ4n) is 2.07. The molecule has 1 saturated carbocycles. The second kappa shape index (κ2) is 8.31. The molecule has 0 aliphatic heterocycles. The zero-order valence-corrected chi connectivity index (χ0v) is 16.3. The summed E-state index contributed by atoms with van der Waals surface area (Å²) in [5.74, 6) is 1.71. The van der Waals surface area contributed by atoms with Crippen LogP contribution in [0.4, 0.5) is 0 Å². The van der Waals surface area contributed by atoms with E-state index in [-0.39, 0.29) is 24.0 Å². The minimum atomic E-state index is 0. The van der Waals surface area contributed by atoms with Crippen molar-refractivity contribution in [1.29, 1.82) is 0 Å². The lowest BCUT2D eigenvalue weighted by molar-refractivity contribution is 0.739. The molecule has 0 saturated heterocycles. The van der Waals surface area contributed by atoms with Crippen molar-refractivity contribution >= 4 is 63.1 Å². The highest BCUT2D eigenvalue weighted by Gasteiger charge is 2.21. The molecule has 7 heteroatoms. The van der Waals surface area contributed by atoms with Crippen LogP contribution in [-0.2, 0) is 6.54 Å². The smallest absolute Gasteiger partial charge is 0.191 e. The third-order valence-electron chi connectivity index (χ3n) is 3.37. The molecule has 120 valence electrons. The Bertz CT molecular complexity index is 654. The van der Waals surface area contributed by atoms with E-state index < -0.39 is 0 Å². The van der Waals surface area contributed by atoms with Crippen LogP contribution >= 0.6 is 46.9 Å². The van der Waals surface area contributed by atoms with Gasteiger partial charge in [0.05, 0.1) is 16.8 Å². The molecular weight excluding hydrogens is 431 g/mol. The molecular formula is C15H20ClIN4S. The van der Waals surface area contributed by atoms with E-state index in [2.05, 4.69) is 27.5 Å². The number of hydrogen-bond donors (Lipinski definition) is 2.